The second-order valence-electron chi connectivity index (χ2n) is 6.60. The summed E-state index contributed by atoms with van der Waals surface area (Å²) in [6.45, 7) is 1.82. The van der Waals surface area contributed by atoms with E-state index in [0.717, 1.165) is 12.1 Å². The van der Waals surface area contributed by atoms with Crippen LogP contribution in [-0.2, 0) is 12.7 Å². The average Bonchev–Trinajstić information content (AvgIpc) is 3.26. The zero-order valence-electron chi connectivity index (χ0n) is 15.5. The molecule has 2 aromatic heterocycles. The number of anilines is 1. The van der Waals surface area contributed by atoms with Gasteiger partial charge in [-0.25, -0.2) is 0 Å². The summed E-state index contributed by atoms with van der Waals surface area (Å²) >= 11 is 6.33. The molecule has 0 saturated heterocycles. The Kier molecular flexibility index (Phi) is 4.98. The minimum absolute atomic E-state index is 0.192. The van der Waals surface area contributed by atoms with Crippen LogP contribution in [0.4, 0.5) is 19.0 Å². The van der Waals surface area contributed by atoms with Gasteiger partial charge < -0.3 is 9.84 Å². The summed E-state index contributed by atoms with van der Waals surface area (Å²) in [7, 11) is 0. The summed E-state index contributed by atoms with van der Waals surface area (Å²) in [6, 6.07) is 9.97. The van der Waals surface area contributed by atoms with Gasteiger partial charge in [-0.2, -0.15) is 18.3 Å². The van der Waals surface area contributed by atoms with Crippen molar-refractivity contribution in [2.75, 3.05) is 5.32 Å². The fourth-order valence-corrected chi connectivity index (χ4v) is 3.31. The maximum absolute atomic E-state index is 12.8. The number of carbonyl (C=O) groups excluding carboxylic acids is 1. The van der Waals surface area contributed by atoms with Crippen LogP contribution in [0.15, 0.2) is 53.3 Å². The number of nitrogens with zero attached hydrogens (tertiary/aromatic N) is 3. The number of aryl methyl sites for hydroxylation is 1. The van der Waals surface area contributed by atoms with Crippen LogP contribution in [-0.4, -0.2) is 20.8 Å². The highest BCUT2D eigenvalue weighted by atomic mass is 35.5. The van der Waals surface area contributed by atoms with Crippen molar-refractivity contribution in [3.8, 4) is 0 Å². The van der Waals surface area contributed by atoms with Crippen molar-refractivity contribution in [1.82, 2.24) is 14.9 Å². The van der Waals surface area contributed by atoms with Crippen LogP contribution < -0.4 is 5.32 Å². The molecule has 0 aliphatic carbocycles. The fourth-order valence-electron chi connectivity index (χ4n) is 3.05. The van der Waals surface area contributed by atoms with E-state index in [0.29, 0.717) is 27.2 Å². The number of carbonyl (C=O) groups is 1. The van der Waals surface area contributed by atoms with Crippen molar-refractivity contribution in [1.29, 1.82) is 0 Å². The molecule has 0 aliphatic heterocycles. The zero-order valence-corrected chi connectivity index (χ0v) is 16.3. The number of benzene rings is 2. The van der Waals surface area contributed by atoms with Gasteiger partial charge in [0.15, 0.2) is 5.82 Å². The summed E-state index contributed by atoms with van der Waals surface area (Å²) in [5, 5.41) is 11.7. The Balaban J connectivity index is 1.68. The lowest BCUT2D eigenvalue weighted by Gasteiger charge is -2.08. The Hall–Kier alpha value is -3.33. The van der Waals surface area contributed by atoms with E-state index in [4.69, 9.17) is 16.1 Å². The molecule has 154 valence electrons. The number of rotatable bonds is 4. The molecule has 0 atom stereocenters. The largest absolute Gasteiger partial charge is 0.416 e. The highest BCUT2D eigenvalue weighted by Gasteiger charge is 2.30. The van der Waals surface area contributed by atoms with E-state index < -0.39 is 17.6 Å². The molecule has 6 nitrogen and oxygen atoms in total. The lowest BCUT2D eigenvalue weighted by atomic mass is 10.1. The third-order valence-electron chi connectivity index (χ3n) is 4.57. The minimum atomic E-state index is -4.40. The molecule has 10 heteroatoms. The first-order chi connectivity index (χ1) is 14.2. The smallest absolute Gasteiger partial charge is 0.364 e. The van der Waals surface area contributed by atoms with Gasteiger partial charge in [-0.3, -0.25) is 9.48 Å². The summed E-state index contributed by atoms with van der Waals surface area (Å²) in [6.07, 6.45) is -3.17. The summed E-state index contributed by atoms with van der Waals surface area (Å²) in [4.78, 5) is 12.5. The van der Waals surface area contributed by atoms with E-state index in [2.05, 4.69) is 15.6 Å². The molecule has 0 aliphatic rings. The molecule has 0 unspecified atom stereocenters. The number of halogens is 4. The molecule has 0 radical (unpaired) electrons. The second kappa shape index (κ2) is 7.49. The Labute approximate surface area is 173 Å². The first kappa shape index (κ1) is 20.0. The Bertz CT molecular complexity index is 1230. The van der Waals surface area contributed by atoms with Crippen molar-refractivity contribution < 1.29 is 22.5 Å². The molecule has 4 rings (SSSR count). The van der Waals surface area contributed by atoms with Gasteiger partial charge in [-0.15, -0.1) is 0 Å². The SMILES string of the molecule is Cc1nocc1C(=O)Nc1nn(Cc2ccc(C(F)(F)F)cc2)c2cccc(Cl)c12. The van der Waals surface area contributed by atoms with Crippen LogP contribution in [0.5, 0.6) is 0 Å². The molecular weight excluding hydrogens is 421 g/mol. The molecule has 1 amide bonds. The first-order valence-corrected chi connectivity index (χ1v) is 9.15. The predicted molar refractivity (Wildman–Crippen MR) is 104 cm³/mol. The van der Waals surface area contributed by atoms with E-state index >= 15 is 0 Å². The second-order valence-corrected chi connectivity index (χ2v) is 7.01. The van der Waals surface area contributed by atoms with E-state index in [1.165, 1.54) is 18.4 Å². The number of hydrogen-bond donors (Lipinski definition) is 1. The molecule has 2 aromatic carbocycles. The van der Waals surface area contributed by atoms with Gasteiger partial charge in [0.25, 0.3) is 5.91 Å². The molecule has 0 spiro atoms. The summed E-state index contributed by atoms with van der Waals surface area (Å²) in [5.74, 6) is -0.233. The van der Waals surface area contributed by atoms with Gasteiger partial charge in [0.1, 0.15) is 11.8 Å². The Morgan fingerprint density at radius 2 is 1.93 bits per heavy atom. The number of hydrogen-bond acceptors (Lipinski definition) is 4. The predicted octanol–water partition coefficient (Wildman–Crippen LogP) is 5.31. The molecule has 2 heterocycles. The van der Waals surface area contributed by atoms with Gasteiger partial charge >= 0.3 is 6.18 Å². The van der Waals surface area contributed by atoms with Gasteiger partial charge in [0.05, 0.1) is 33.7 Å². The molecule has 0 bridgehead atoms. The number of alkyl halides is 3. The highest BCUT2D eigenvalue weighted by molar-refractivity contribution is 6.36. The molecule has 4 aromatic rings. The normalized spacial score (nSPS) is 11.8. The maximum atomic E-state index is 12.8. The number of aromatic nitrogens is 3. The highest BCUT2D eigenvalue weighted by Crippen LogP contribution is 2.32. The maximum Gasteiger partial charge on any atom is 0.416 e. The molecule has 1 N–H and O–H groups in total. The molecular formula is C20H14ClF3N4O2. The monoisotopic (exact) mass is 434 g/mol. The number of amides is 1. The van der Waals surface area contributed by atoms with Crippen LogP contribution in [0.1, 0.15) is 27.2 Å². The number of nitrogens with one attached hydrogen (secondary N) is 1. The minimum Gasteiger partial charge on any atom is -0.364 e. The number of fused-ring (bicyclic) bond motifs is 1. The van der Waals surface area contributed by atoms with Crippen molar-refractivity contribution in [3.63, 3.8) is 0 Å². The van der Waals surface area contributed by atoms with Crippen LogP contribution in [0.25, 0.3) is 10.9 Å². The van der Waals surface area contributed by atoms with Crippen molar-refractivity contribution in [2.24, 2.45) is 0 Å². The standard InChI is InChI=1S/C20H14ClF3N4O2/c1-11-14(10-30-27-11)19(29)25-18-17-15(21)3-2-4-16(17)28(26-18)9-12-5-7-13(8-6-12)20(22,23)24/h2-8,10H,9H2,1H3,(H,25,26,29). The first-order valence-electron chi connectivity index (χ1n) is 8.77. The van der Waals surface area contributed by atoms with Crippen LogP contribution in [0.3, 0.4) is 0 Å². The average molecular weight is 435 g/mol. The van der Waals surface area contributed by atoms with Crippen molar-refractivity contribution in [2.45, 2.75) is 19.6 Å². The quantitative estimate of drug-likeness (QED) is 0.472. The van der Waals surface area contributed by atoms with E-state index in [1.54, 1.807) is 29.8 Å². The molecule has 30 heavy (non-hydrogen) atoms. The topological polar surface area (TPSA) is 73.0 Å². The van der Waals surface area contributed by atoms with Gasteiger partial charge in [0, 0.05) is 0 Å². The van der Waals surface area contributed by atoms with Crippen LogP contribution in [0, 0.1) is 6.92 Å². The van der Waals surface area contributed by atoms with E-state index in [9.17, 15) is 18.0 Å². The molecule has 0 saturated carbocycles. The molecule has 0 fully saturated rings. The van der Waals surface area contributed by atoms with Crippen molar-refractivity contribution >= 4 is 34.2 Å². The lowest BCUT2D eigenvalue weighted by Crippen LogP contribution is -2.13. The van der Waals surface area contributed by atoms with Gasteiger partial charge in [0.2, 0.25) is 0 Å². The van der Waals surface area contributed by atoms with Crippen LogP contribution >= 0.6 is 11.6 Å². The van der Waals surface area contributed by atoms with Gasteiger partial charge in [-0.1, -0.05) is 35.0 Å². The summed E-state index contributed by atoms with van der Waals surface area (Å²) < 4.78 is 44.7. The third kappa shape index (κ3) is 3.76. The third-order valence-corrected chi connectivity index (χ3v) is 4.88. The Morgan fingerprint density at radius 3 is 2.57 bits per heavy atom. The van der Waals surface area contributed by atoms with E-state index in [-0.39, 0.29) is 17.9 Å². The Morgan fingerprint density at radius 1 is 1.20 bits per heavy atom. The van der Waals surface area contributed by atoms with Crippen molar-refractivity contribution in [3.05, 3.63) is 76.1 Å². The zero-order chi connectivity index (χ0) is 21.5. The lowest BCUT2D eigenvalue weighted by molar-refractivity contribution is -0.137. The van der Waals surface area contributed by atoms with E-state index in [1.807, 2.05) is 0 Å². The fraction of sp³-hybridized carbons (Fsp3) is 0.150. The summed E-state index contributed by atoms with van der Waals surface area (Å²) in [5.41, 5.74) is 1.19. The van der Waals surface area contributed by atoms with Crippen LogP contribution in [0.2, 0.25) is 5.02 Å². The van der Waals surface area contributed by atoms with Gasteiger partial charge in [-0.05, 0) is 36.8 Å².